The summed E-state index contributed by atoms with van der Waals surface area (Å²) in [4.78, 5) is 14.7. The van der Waals surface area contributed by atoms with Gasteiger partial charge in [0.25, 0.3) is 6.43 Å². The molecule has 0 aliphatic carbocycles. The normalized spacial score (nSPS) is 10.4. The van der Waals surface area contributed by atoms with Gasteiger partial charge in [-0.3, -0.25) is 0 Å². The maximum absolute atomic E-state index is 12.2. The van der Waals surface area contributed by atoms with Crippen LogP contribution in [0.1, 0.15) is 29.4 Å². The average molecular weight is 216 g/mol. The highest BCUT2D eigenvalue weighted by Gasteiger charge is 2.15. The maximum atomic E-state index is 12.2. The molecule has 0 aliphatic heterocycles. The van der Waals surface area contributed by atoms with Crippen LogP contribution < -0.4 is 5.73 Å². The van der Waals surface area contributed by atoms with Crippen molar-refractivity contribution in [3.63, 3.8) is 0 Å². The molecule has 2 N–H and O–H groups in total. The van der Waals surface area contributed by atoms with Gasteiger partial charge in [0.1, 0.15) is 0 Å². The van der Waals surface area contributed by atoms with E-state index in [0.717, 1.165) is 12.3 Å². The molecule has 0 saturated carbocycles. The molecule has 0 unspecified atom stereocenters. The van der Waals surface area contributed by atoms with Crippen LogP contribution in [0.25, 0.3) is 0 Å². The first-order chi connectivity index (χ1) is 7.06. The van der Waals surface area contributed by atoms with Crippen LogP contribution >= 0.6 is 0 Å². The third kappa shape index (κ3) is 2.61. The van der Waals surface area contributed by atoms with E-state index in [9.17, 15) is 13.6 Å². The number of nitrogens with zero attached hydrogens (tertiary/aromatic N) is 1. The SMILES string of the molecule is CCOC(=O)c1ncc(C(F)F)cc1N. The largest absolute Gasteiger partial charge is 0.461 e. The van der Waals surface area contributed by atoms with Crippen LogP contribution in [0.4, 0.5) is 14.5 Å². The number of ether oxygens (including phenoxy) is 1. The van der Waals surface area contributed by atoms with E-state index >= 15 is 0 Å². The Balaban J connectivity index is 2.98. The third-order valence-electron chi connectivity index (χ3n) is 1.66. The summed E-state index contributed by atoms with van der Waals surface area (Å²) in [6.07, 6.45) is -1.75. The molecule has 0 aliphatic rings. The first-order valence-corrected chi connectivity index (χ1v) is 4.27. The topological polar surface area (TPSA) is 65.2 Å². The minimum atomic E-state index is -2.66. The molecule has 4 nitrogen and oxygen atoms in total. The standard InChI is InChI=1S/C9H10F2N2O2/c1-2-15-9(14)7-6(12)3-5(4-13-7)8(10)11/h3-4,8H,2,12H2,1H3. The lowest BCUT2D eigenvalue weighted by atomic mass is 10.2. The number of carbonyl (C=O) groups excluding carboxylic acids is 1. The second-order valence-electron chi connectivity index (χ2n) is 2.73. The number of alkyl halides is 2. The predicted molar refractivity (Wildman–Crippen MR) is 49.6 cm³/mol. The van der Waals surface area contributed by atoms with Crippen molar-refractivity contribution in [2.75, 3.05) is 12.3 Å². The number of hydrogen-bond acceptors (Lipinski definition) is 4. The summed E-state index contributed by atoms with van der Waals surface area (Å²) in [6.45, 7) is 1.80. The second-order valence-corrected chi connectivity index (χ2v) is 2.73. The molecule has 1 rings (SSSR count). The van der Waals surface area contributed by atoms with Crippen LogP contribution in [0.2, 0.25) is 0 Å². The van der Waals surface area contributed by atoms with Gasteiger partial charge in [0.15, 0.2) is 5.69 Å². The predicted octanol–water partition coefficient (Wildman–Crippen LogP) is 1.78. The smallest absolute Gasteiger partial charge is 0.359 e. The van der Waals surface area contributed by atoms with Crippen molar-refractivity contribution >= 4 is 11.7 Å². The highest BCUT2D eigenvalue weighted by atomic mass is 19.3. The molecular formula is C9H10F2N2O2. The van der Waals surface area contributed by atoms with Crippen molar-refractivity contribution in [3.8, 4) is 0 Å². The van der Waals surface area contributed by atoms with Crippen LogP contribution in [0.5, 0.6) is 0 Å². The third-order valence-corrected chi connectivity index (χ3v) is 1.66. The minimum absolute atomic E-state index is 0.105. The van der Waals surface area contributed by atoms with Gasteiger partial charge in [-0.2, -0.15) is 0 Å². The fourth-order valence-corrected chi connectivity index (χ4v) is 0.988. The van der Waals surface area contributed by atoms with Crippen molar-refractivity contribution in [1.29, 1.82) is 0 Å². The molecule has 0 saturated heterocycles. The van der Waals surface area contributed by atoms with E-state index in [-0.39, 0.29) is 23.6 Å². The maximum Gasteiger partial charge on any atom is 0.359 e. The van der Waals surface area contributed by atoms with E-state index in [1.54, 1.807) is 6.92 Å². The highest BCUT2D eigenvalue weighted by Crippen LogP contribution is 2.21. The monoisotopic (exact) mass is 216 g/mol. The van der Waals surface area contributed by atoms with Gasteiger partial charge in [-0.1, -0.05) is 0 Å². The summed E-state index contributed by atoms with van der Waals surface area (Å²) < 4.78 is 29.1. The Morgan fingerprint density at radius 2 is 2.33 bits per heavy atom. The lowest BCUT2D eigenvalue weighted by molar-refractivity contribution is 0.0520. The van der Waals surface area contributed by atoms with E-state index in [4.69, 9.17) is 5.73 Å². The summed E-state index contributed by atoms with van der Waals surface area (Å²) in [5, 5.41) is 0. The number of esters is 1. The van der Waals surface area contributed by atoms with Crippen molar-refractivity contribution in [2.24, 2.45) is 0 Å². The van der Waals surface area contributed by atoms with Crippen LogP contribution in [-0.4, -0.2) is 17.6 Å². The minimum Gasteiger partial charge on any atom is -0.461 e. The number of pyridine rings is 1. The zero-order valence-corrected chi connectivity index (χ0v) is 8.04. The second kappa shape index (κ2) is 4.68. The molecule has 82 valence electrons. The number of hydrogen-bond donors (Lipinski definition) is 1. The van der Waals surface area contributed by atoms with Crippen molar-refractivity contribution in [2.45, 2.75) is 13.3 Å². The molecule has 0 amide bonds. The summed E-state index contributed by atoms with van der Waals surface area (Å²) in [6, 6.07) is 1.02. The molecule has 15 heavy (non-hydrogen) atoms. The Labute approximate surface area is 85.1 Å². The van der Waals surface area contributed by atoms with Gasteiger partial charge in [-0.25, -0.2) is 18.6 Å². The van der Waals surface area contributed by atoms with Crippen LogP contribution in [0.15, 0.2) is 12.3 Å². The van der Waals surface area contributed by atoms with Gasteiger partial charge in [0.2, 0.25) is 0 Å². The van der Waals surface area contributed by atoms with Gasteiger partial charge < -0.3 is 10.5 Å². The first-order valence-electron chi connectivity index (χ1n) is 4.27. The number of aromatic nitrogens is 1. The Bertz CT molecular complexity index is 369. The fraction of sp³-hybridized carbons (Fsp3) is 0.333. The number of rotatable bonds is 3. The van der Waals surface area contributed by atoms with E-state index in [2.05, 4.69) is 9.72 Å². The Morgan fingerprint density at radius 3 is 2.80 bits per heavy atom. The lowest BCUT2D eigenvalue weighted by Gasteiger charge is -2.05. The van der Waals surface area contributed by atoms with E-state index < -0.39 is 12.4 Å². The van der Waals surface area contributed by atoms with E-state index in [1.807, 2.05) is 0 Å². The molecule has 0 fully saturated rings. The fourth-order valence-electron chi connectivity index (χ4n) is 0.988. The Kier molecular flexibility index (Phi) is 3.54. The number of carbonyl (C=O) groups is 1. The van der Waals surface area contributed by atoms with E-state index in [1.165, 1.54) is 0 Å². The van der Waals surface area contributed by atoms with Crippen molar-refractivity contribution in [1.82, 2.24) is 4.98 Å². The summed E-state index contributed by atoms with van der Waals surface area (Å²) >= 11 is 0. The van der Waals surface area contributed by atoms with Gasteiger partial charge in [-0.05, 0) is 13.0 Å². The average Bonchev–Trinajstić information content (AvgIpc) is 2.17. The molecular weight excluding hydrogens is 206 g/mol. The molecule has 1 heterocycles. The molecule has 0 aromatic carbocycles. The summed E-state index contributed by atoms with van der Waals surface area (Å²) in [5.74, 6) is -0.712. The molecule has 0 atom stereocenters. The molecule has 1 aromatic heterocycles. The van der Waals surface area contributed by atoms with Crippen molar-refractivity contribution in [3.05, 3.63) is 23.5 Å². The van der Waals surface area contributed by atoms with Crippen LogP contribution in [-0.2, 0) is 4.74 Å². The quantitative estimate of drug-likeness (QED) is 0.782. The molecule has 1 aromatic rings. The number of halogens is 2. The molecule has 0 spiro atoms. The van der Waals surface area contributed by atoms with E-state index in [0.29, 0.717) is 0 Å². The lowest BCUT2D eigenvalue weighted by Crippen LogP contribution is -2.10. The number of nitrogen functional groups attached to an aromatic ring is 1. The van der Waals surface area contributed by atoms with Crippen molar-refractivity contribution < 1.29 is 18.3 Å². The Morgan fingerprint density at radius 1 is 1.67 bits per heavy atom. The number of nitrogens with two attached hydrogens (primary N) is 1. The summed E-state index contributed by atoms with van der Waals surface area (Å²) in [7, 11) is 0. The van der Waals surface area contributed by atoms with Gasteiger partial charge >= 0.3 is 5.97 Å². The number of anilines is 1. The highest BCUT2D eigenvalue weighted by molar-refractivity contribution is 5.92. The summed E-state index contributed by atoms with van der Waals surface area (Å²) in [5.41, 5.74) is 4.83. The van der Waals surface area contributed by atoms with Gasteiger partial charge in [0.05, 0.1) is 12.3 Å². The molecule has 0 radical (unpaired) electrons. The zero-order valence-electron chi connectivity index (χ0n) is 8.04. The van der Waals surface area contributed by atoms with Crippen LogP contribution in [0.3, 0.4) is 0 Å². The molecule has 6 heteroatoms. The van der Waals surface area contributed by atoms with Gasteiger partial charge in [-0.15, -0.1) is 0 Å². The Hall–Kier alpha value is -1.72. The zero-order chi connectivity index (χ0) is 11.4. The molecule has 0 bridgehead atoms. The first kappa shape index (κ1) is 11.4. The van der Waals surface area contributed by atoms with Gasteiger partial charge in [0, 0.05) is 11.8 Å². The van der Waals surface area contributed by atoms with Crippen LogP contribution in [0, 0.1) is 0 Å².